The molecule has 0 aliphatic carbocycles. The third-order valence-electron chi connectivity index (χ3n) is 7.24. The summed E-state index contributed by atoms with van der Waals surface area (Å²) in [5, 5.41) is 1.29. The van der Waals surface area contributed by atoms with Crippen LogP contribution in [0.1, 0.15) is 34.5 Å². The van der Waals surface area contributed by atoms with E-state index in [2.05, 4.69) is 34.8 Å². The van der Waals surface area contributed by atoms with Crippen LogP contribution < -0.4 is 9.80 Å². The minimum Gasteiger partial charge on any atom is -0.356 e. The molecule has 0 saturated carbocycles. The van der Waals surface area contributed by atoms with Crippen molar-refractivity contribution in [2.45, 2.75) is 24.8 Å². The van der Waals surface area contributed by atoms with Gasteiger partial charge < -0.3 is 19.7 Å². The van der Waals surface area contributed by atoms with Gasteiger partial charge in [-0.15, -0.1) is 0 Å². The highest BCUT2D eigenvalue weighted by molar-refractivity contribution is 6.31. The molecule has 41 heavy (non-hydrogen) atoms. The van der Waals surface area contributed by atoms with E-state index in [0.717, 1.165) is 24.0 Å². The topological polar surface area (TPSA) is 90.0 Å². The zero-order valence-electron chi connectivity index (χ0n) is 21.4. The molecule has 1 N–H and O–H groups in total. The maximum absolute atomic E-state index is 13.6. The van der Waals surface area contributed by atoms with Crippen molar-refractivity contribution in [3.8, 4) is 0 Å². The van der Waals surface area contributed by atoms with Gasteiger partial charge in [-0.3, -0.25) is 0 Å². The van der Waals surface area contributed by atoms with Crippen LogP contribution in [0, 0.1) is 0 Å². The van der Waals surface area contributed by atoms with Gasteiger partial charge in [0.25, 0.3) is 0 Å². The molecule has 2 aliphatic rings. The van der Waals surface area contributed by atoms with Crippen LogP contribution in [0.5, 0.6) is 0 Å². The van der Waals surface area contributed by atoms with Gasteiger partial charge in [0, 0.05) is 72.3 Å². The Morgan fingerprint density at radius 1 is 0.854 bits per heavy atom. The lowest BCUT2D eigenvalue weighted by atomic mass is 9.94. The molecule has 4 aromatic rings. The molecule has 6 rings (SSSR count). The molecule has 1 fully saturated rings. The summed E-state index contributed by atoms with van der Waals surface area (Å²) in [6, 6.07) is 4.29. The van der Waals surface area contributed by atoms with Gasteiger partial charge in [0.05, 0.1) is 0 Å². The third-order valence-corrected chi connectivity index (χ3v) is 7.47. The van der Waals surface area contributed by atoms with Gasteiger partial charge in [-0.1, -0.05) is 11.6 Å². The predicted molar refractivity (Wildman–Crippen MR) is 138 cm³/mol. The summed E-state index contributed by atoms with van der Waals surface area (Å²) in [5.74, 6) is -4.13. The number of hydrogen-bond acceptors (Lipinski definition) is 8. The highest BCUT2D eigenvalue weighted by atomic mass is 35.5. The second-order valence-electron chi connectivity index (χ2n) is 9.94. The minimum atomic E-state index is -5.22. The Kier molecular flexibility index (Phi) is 6.68. The summed E-state index contributed by atoms with van der Waals surface area (Å²) in [6.07, 6.45) is -7.11. The number of nitrogens with zero attached hydrogens (tertiary/aromatic N) is 8. The number of anilines is 2. The lowest BCUT2D eigenvalue weighted by Gasteiger charge is -2.36. The Bertz CT molecular complexity index is 1550. The zero-order chi connectivity index (χ0) is 29.1. The number of alkyl halides is 6. The molecule has 16 heteroatoms. The molecule has 0 bridgehead atoms. The number of piperazine rings is 1. The quantitative estimate of drug-likeness (QED) is 0.339. The SMILES string of the molecule is CN1CCN(c2ncc([C@H]3c4[nH]c5ccc(Cl)cc5c4CCN3c3nc(C(F)(F)F)nc(C(F)(F)F)n3)cn2)CC1. The Balaban J connectivity index is 1.48. The van der Waals surface area contributed by atoms with Crippen LogP contribution in [0.4, 0.5) is 38.2 Å². The number of aromatic nitrogens is 6. The van der Waals surface area contributed by atoms with Crippen LogP contribution in [0.2, 0.25) is 5.02 Å². The number of hydrogen-bond donors (Lipinski definition) is 1. The number of fused-ring (bicyclic) bond motifs is 3. The zero-order valence-corrected chi connectivity index (χ0v) is 22.2. The van der Waals surface area contributed by atoms with E-state index in [1.54, 1.807) is 18.2 Å². The first kappa shape index (κ1) is 27.4. The van der Waals surface area contributed by atoms with Gasteiger partial charge in [-0.2, -0.15) is 36.3 Å². The van der Waals surface area contributed by atoms with Crippen LogP contribution in [0.3, 0.4) is 0 Å². The Morgan fingerprint density at radius 3 is 2.10 bits per heavy atom. The van der Waals surface area contributed by atoms with Crippen molar-refractivity contribution < 1.29 is 26.3 Å². The molecule has 0 radical (unpaired) electrons. The van der Waals surface area contributed by atoms with E-state index >= 15 is 0 Å². The molecular formula is C25H22ClF6N9. The average molecular weight is 598 g/mol. The summed E-state index contributed by atoms with van der Waals surface area (Å²) in [6.45, 7) is 3.08. The molecule has 1 aromatic carbocycles. The first-order valence-corrected chi connectivity index (χ1v) is 13.0. The molecule has 1 atom stereocenters. The van der Waals surface area contributed by atoms with E-state index in [4.69, 9.17) is 11.6 Å². The number of nitrogens with one attached hydrogen (secondary N) is 1. The van der Waals surface area contributed by atoms with Crippen molar-refractivity contribution in [3.63, 3.8) is 0 Å². The molecule has 9 nitrogen and oxygen atoms in total. The summed E-state index contributed by atoms with van der Waals surface area (Å²) in [5.41, 5.74) is 2.52. The van der Waals surface area contributed by atoms with Crippen LogP contribution in [0.15, 0.2) is 30.6 Å². The van der Waals surface area contributed by atoms with E-state index in [9.17, 15) is 26.3 Å². The molecule has 0 amide bonds. The molecular weight excluding hydrogens is 576 g/mol. The van der Waals surface area contributed by atoms with Gasteiger partial charge in [0.1, 0.15) is 6.04 Å². The van der Waals surface area contributed by atoms with Gasteiger partial charge in [0.15, 0.2) is 0 Å². The summed E-state index contributed by atoms with van der Waals surface area (Å²) in [4.78, 5) is 27.3. The van der Waals surface area contributed by atoms with Crippen LogP contribution in [-0.2, 0) is 18.8 Å². The number of halogens is 7. The van der Waals surface area contributed by atoms with Crippen molar-refractivity contribution >= 4 is 34.4 Å². The van der Waals surface area contributed by atoms with Crippen molar-refractivity contribution in [2.24, 2.45) is 0 Å². The number of benzene rings is 1. The Morgan fingerprint density at radius 2 is 1.49 bits per heavy atom. The number of likely N-dealkylation sites (N-methyl/N-ethyl adjacent to an activating group) is 1. The molecule has 1 saturated heterocycles. The van der Waals surface area contributed by atoms with Gasteiger partial charge >= 0.3 is 12.4 Å². The lowest BCUT2D eigenvalue weighted by molar-refractivity contribution is -0.155. The summed E-state index contributed by atoms with van der Waals surface area (Å²) < 4.78 is 81.6. The van der Waals surface area contributed by atoms with Crippen molar-refractivity contribution in [1.29, 1.82) is 0 Å². The van der Waals surface area contributed by atoms with Crippen LogP contribution in [0.25, 0.3) is 10.9 Å². The minimum absolute atomic E-state index is 0.00987. The monoisotopic (exact) mass is 597 g/mol. The van der Waals surface area contributed by atoms with E-state index in [1.165, 1.54) is 17.3 Å². The molecule has 0 unspecified atom stereocenters. The highest BCUT2D eigenvalue weighted by Crippen LogP contribution is 2.41. The standard InChI is InChI=1S/C25H22ClF6N9/c1-39-6-8-40(9-7-39)22-33-11-13(12-34-22)19-18-15(16-10-14(26)2-3-17(16)35-18)4-5-41(19)23-37-20(24(27,28)29)36-21(38-23)25(30,31)32/h2-3,10-12,19,35H,4-9H2,1H3/t19-/m0/s1. The Labute approximate surface area is 234 Å². The largest absolute Gasteiger partial charge is 0.451 e. The van der Waals surface area contributed by atoms with Crippen LogP contribution >= 0.6 is 11.6 Å². The first-order valence-electron chi connectivity index (χ1n) is 12.6. The normalized spacial score (nSPS) is 18.7. The second kappa shape index (κ2) is 9.98. The lowest BCUT2D eigenvalue weighted by Crippen LogP contribution is -2.45. The van der Waals surface area contributed by atoms with Crippen molar-refractivity contribution in [3.05, 3.63) is 64.1 Å². The van der Waals surface area contributed by atoms with E-state index < -0.39 is 36.0 Å². The smallest absolute Gasteiger partial charge is 0.356 e. The maximum Gasteiger partial charge on any atom is 0.451 e. The first-order chi connectivity index (χ1) is 19.4. The molecule has 0 spiro atoms. The Hall–Kier alpha value is -3.72. The highest BCUT2D eigenvalue weighted by Gasteiger charge is 2.43. The fourth-order valence-corrected chi connectivity index (χ4v) is 5.38. The van der Waals surface area contributed by atoms with Gasteiger partial charge in [-0.25, -0.2) is 15.0 Å². The van der Waals surface area contributed by atoms with E-state index in [0.29, 0.717) is 40.8 Å². The number of aromatic amines is 1. The molecule has 2 aliphatic heterocycles. The average Bonchev–Trinajstić information content (AvgIpc) is 3.30. The van der Waals surface area contributed by atoms with Crippen molar-refractivity contribution in [1.82, 2.24) is 34.8 Å². The third kappa shape index (κ3) is 5.23. The second-order valence-corrected chi connectivity index (χ2v) is 10.4. The molecule has 216 valence electrons. The van der Waals surface area contributed by atoms with Gasteiger partial charge in [-0.05, 0) is 37.2 Å². The maximum atomic E-state index is 13.6. The predicted octanol–water partition coefficient (Wildman–Crippen LogP) is 4.74. The summed E-state index contributed by atoms with van der Waals surface area (Å²) >= 11 is 6.22. The molecule has 3 aromatic heterocycles. The van der Waals surface area contributed by atoms with E-state index in [1.807, 2.05) is 11.9 Å². The van der Waals surface area contributed by atoms with Gasteiger partial charge in [0.2, 0.25) is 23.5 Å². The number of rotatable bonds is 3. The fourth-order valence-electron chi connectivity index (χ4n) is 5.21. The van der Waals surface area contributed by atoms with Crippen LogP contribution in [-0.4, -0.2) is 74.6 Å². The van der Waals surface area contributed by atoms with Crippen molar-refractivity contribution in [2.75, 3.05) is 49.6 Å². The molecule has 5 heterocycles. The van der Waals surface area contributed by atoms with E-state index in [-0.39, 0.29) is 13.0 Å². The number of H-pyrrole nitrogens is 1. The fraction of sp³-hybridized carbons (Fsp3) is 0.400. The summed E-state index contributed by atoms with van der Waals surface area (Å²) in [7, 11) is 2.01.